The van der Waals surface area contributed by atoms with Gasteiger partial charge in [-0.25, -0.2) is 0 Å². The van der Waals surface area contributed by atoms with Gasteiger partial charge in [0.15, 0.2) is 0 Å². The van der Waals surface area contributed by atoms with Crippen molar-refractivity contribution in [1.29, 1.82) is 0 Å². The van der Waals surface area contributed by atoms with Crippen molar-refractivity contribution in [1.82, 2.24) is 9.80 Å². The number of furan rings is 1. The number of amides is 1. The third kappa shape index (κ3) is 4.58. The monoisotopic (exact) mass is 422 g/mol. The summed E-state index contributed by atoms with van der Waals surface area (Å²) in [5.74, 6) is 1.35. The number of piperidine rings is 1. The highest BCUT2D eigenvalue weighted by molar-refractivity contribution is 5.95. The Balaban J connectivity index is 1.19. The molecule has 0 N–H and O–H groups in total. The minimum atomic E-state index is 0.0930. The summed E-state index contributed by atoms with van der Waals surface area (Å²) in [6.45, 7) is 6.48. The number of rotatable bonds is 6. The largest absolute Gasteiger partial charge is 0.469 e. The Morgan fingerprint density at radius 1 is 1.06 bits per heavy atom. The summed E-state index contributed by atoms with van der Waals surface area (Å²) < 4.78 is 11.3. The molecule has 3 aliphatic rings. The van der Waals surface area contributed by atoms with Crippen LogP contribution in [0.3, 0.4) is 0 Å². The van der Waals surface area contributed by atoms with E-state index in [9.17, 15) is 4.79 Å². The van der Waals surface area contributed by atoms with E-state index < -0.39 is 0 Å². The zero-order valence-electron chi connectivity index (χ0n) is 18.6. The first-order valence-electron chi connectivity index (χ1n) is 11.9. The Morgan fingerprint density at radius 3 is 2.42 bits per heavy atom. The van der Waals surface area contributed by atoms with Crippen LogP contribution in [0.4, 0.5) is 0 Å². The molecule has 0 spiro atoms. The van der Waals surface area contributed by atoms with Crippen molar-refractivity contribution in [3.8, 4) is 0 Å². The molecule has 5 rings (SSSR count). The maximum atomic E-state index is 13.3. The van der Waals surface area contributed by atoms with Gasteiger partial charge in [-0.1, -0.05) is 24.3 Å². The first kappa shape index (κ1) is 20.8. The normalized spacial score (nSPS) is 22.7. The van der Waals surface area contributed by atoms with Gasteiger partial charge in [0.25, 0.3) is 5.91 Å². The van der Waals surface area contributed by atoms with Crippen LogP contribution in [0.5, 0.6) is 0 Å². The number of fused-ring (bicyclic) bond motifs is 1. The molecule has 2 aromatic rings. The maximum absolute atomic E-state index is 13.3. The molecule has 1 aliphatic carbocycles. The van der Waals surface area contributed by atoms with Crippen LogP contribution >= 0.6 is 0 Å². The number of carbonyl (C=O) groups excluding carboxylic acids is 1. The van der Waals surface area contributed by atoms with Gasteiger partial charge >= 0.3 is 0 Å². The second-order valence-corrected chi connectivity index (χ2v) is 9.55. The zero-order valence-corrected chi connectivity index (χ0v) is 18.6. The SMILES string of the molecule is Cc1occc1C(=O)N(CC1CCN(C2Cc3ccccc3C2)CC1)C[C@H]1CCCO1. The van der Waals surface area contributed by atoms with Gasteiger partial charge in [-0.3, -0.25) is 9.69 Å². The van der Waals surface area contributed by atoms with Crippen molar-refractivity contribution in [3.63, 3.8) is 0 Å². The van der Waals surface area contributed by atoms with Gasteiger partial charge in [0.05, 0.1) is 17.9 Å². The number of benzene rings is 1. The predicted molar refractivity (Wildman–Crippen MR) is 120 cm³/mol. The molecule has 2 fully saturated rings. The van der Waals surface area contributed by atoms with E-state index in [2.05, 4.69) is 29.2 Å². The van der Waals surface area contributed by atoms with Crippen LogP contribution in [0.25, 0.3) is 0 Å². The minimum Gasteiger partial charge on any atom is -0.469 e. The molecule has 2 saturated heterocycles. The second kappa shape index (κ2) is 9.17. The van der Waals surface area contributed by atoms with E-state index in [1.807, 2.05) is 11.8 Å². The Hall–Kier alpha value is -2.11. The fourth-order valence-electron chi connectivity index (χ4n) is 5.66. The predicted octanol–water partition coefficient (Wildman–Crippen LogP) is 4.09. The lowest BCUT2D eigenvalue weighted by Gasteiger charge is -2.38. The molecule has 1 amide bonds. The average molecular weight is 423 g/mol. The summed E-state index contributed by atoms with van der Waals surface area (Å²) >= 11 is 0. The van der Waals surface area contributed by atoms with Crippen LogP contribution in [0, 0.1) is 12.8 Å². The standard InChI is InChI=1S/C26H34N2O3/c1-19-25(10-14-30-19)26(29)28(18-24-7-4-13-31-24)17-20-8-11-27(12-9-20)23-15-21-5-2-3-6-22(21)16-23/h2-3,5-6,10,14,20,23-24H,4,7-9,11-13,15-18H2,1H3/t24-/m1/s1. The molecular formula is C26H34N2O3. The molecule has 1 aromatic carbocycles. The summed E-state index contributed by atoms with van der Waals surface area (Å²) in [6.07, 6.45) is 8.63. The van der Waals surface area contributed by atoms with Crippen molar-refractivity contribution >= 4 is 5.91 Å². The number of nitrogens with zero attached hydrogens (tertiary/aromatic N) is 2. The quantitative estimate of drug-likeness (QED) is 0.704. The topological polar surface area (TPSA) is 45.9 Å². The number of ether oxygens (including phenoxy) is 1. The van der Waals surface area contributed by atoms with Gasteiger partial charge in [0.2, 0.25) is 0 Å². The highest BCUT2D eigenvalue weighted by Gasteiger charge is 2.32. The van der Waals surface area contributed by atoms with Crippen molar-refractivity contribution < 1.29 is 13.9 Å². The second-order valence-electron chi connectivity index (χ2n) is 9.55. The summed E-state index contributed by atoms with van der Waals surface area (Å²) in [4.78, 5) is 18.0. The number of hydrogen-bond donors (Lipinski definition) is 0. The molecule has 1 aromatic heterocycles. The van der Waals surface area contributed by atoms with Crippen LogP contribution in [-0.4, -0.2) is 60.6 Å². The lowest BCUT2D eigenvalue weighted by atomic mass is 9.94. The molecule has 0 unspecified atom stereocenters. The van der Waals surface area contributed by atoms with Crippen molar-refractivity contribution in [3.05, 3.63) is 59.0 Å². The van der Waals surface area contributed by atoms with E-state index in [4.69, 9.17) is 9.15 Å². The molecule has 5 heteroatoms. The van der Waals surface area contributed by atoms with E-state index in [0.717, 1.165) is 51.9 Å². The highest BCUT2D eigenvalue weighted by Crippen LogP contribution is 2.29. The van der Waals surface area contributed by atoms with E-state index in [1.165, 1.54) is 24.0 Å². The Bertz CT molecular complexity index is 869. The molecule has 0 saturated carbocycles. The van der Waals surface area contributed by atoms with Crippen LogP contribution < -0.4 is 0 Å². The Kier molecular flexibility index (Phi) is 6.15. The maximum Gasteiger partial charge on any atom is 0.257 e. The van der Waals surface area contributed by atoms with Crippen LogP contribution in [0.1, 0.15) is 52.9 Å². The van der Waals surface area contributed by atoms with E-state index >= 15 is 0 Å². The van der Waals surface area contributed by atoms with Crippen LogP contribution in [0.15, 0.2) is 41.0 Å². The van der Waals surface area contributed by atoms with Crippen molar-refractivity contribution in [2.75, 3.05) is 32.8 Å². The average Bonchev–Trinajstić information content (AvgIpc) is 3.54. The summed E-state index contributed by atoms with van der Waals surface area (Å²) in [7, 11) is 0. The van der Waals surface area contributed by atoms with Gasteiger partial charge in [0.1, 0.15) is 5.76 Å². The minimum absolute atomic E-state index is 0.0930. The summed E-state index contributed by atoms with van der Waals surface area (Å²) in [6, 6.07) is 11.4. The van der Waals surface area contributed by atoms with E-state index in [1.54, 1.807) is 12.3 Å². The van der Waals surface area contributed by atoms with Crippen LogP contribution in [-0.2, 0) is 17.6 Å². The zero-order chi connectivity index (χ0) is 21.2. The molecule has 0 bridgehead atoms. The third-order valence-corrected chi connectivity index (χ3v) is 7.50. The van der Waals surface area contributed by atoms with Crippen molar-refractivity contribution in [2.24, 2.45) is 5.92 Å². The molecule has 2 aliphatic heterocycles. The van der Waals surface area contributed by atoms with E-state index in [-0.39, 0.29) is 12.0 Å². The number of hydrogen-bond acceptors (Lipinski definition) is 4. The van der Waals surface area contributed by atoms with Gasteiger partial charge < -0.3 is 14.1 Å². The smallest absolute Gasteiger partial charge is 0.257 e. The molecule has 1 atom stereocenters. The first-order chi connectivity index (χ1) is 15.2. The summed E-state index contributed by atoms with van der Waals surface area (Å²) in [5.41, 5.74) is 3.75. The van der Waals surface area contributed by atoms with Gasteiger partial charge in [0, 0.05) is 25.7 Å². The molecule has 31 heavy (non-hydrogen) atoms. The number of aryl methyl sites for hydroxylation is 1. The molecule has 5 nitrogen and oxygen atoms in total. The van der Waals surface area contributed by atoms with Crippen molar-refractivity contribution in [2.45, 2.75) is 57.6 Å². The fraction of sp³-hybridized carbons (Fsp3) is 0.577. The van der Waals surface area contributed by atoms with Gasteiger partial charge in [-0.2, -0.15) is 0 Å². The molecule has 0 radical (unpaired) electrons. The number of carbonyl (C=O) groups is 1. The first-order valence-corrected chi connectivity index (χ1v) is 11.9. The van der Waals surface area contributed by atoms with Crippen LogP contribution in [0.2, 0.25) is 0 Å². The lowest BCUT2D eigenvalue weighted by molar-refractivity contribution is 0.0428. The molecule has 166 valence electrons. The Labute approximate surface area is 185 Å². The van der Waals surface area contributed by atoms with E-state index in [0.29, 0.717) is 29.8 Å². The molecule has 3 heterocycles. The Morgan fingerprint density at radius 2 is 1.81 bits per heavy atom. The lowest BCUT2D eigenvalue weighted by Crippen LogP contribution is -2.46. The van der Waals surface area contributed by atoms with Gasteiger partial charge in [-0.15, -0.1) is 0 Å². The third-order valence-electron chi connectivity index (χ3n) is 7.50. The molecular weight excluding hydrogens is 388 g/mol. The summed E-state index contributed by atoms with van der Waals surface area (Å²) in [5, 5.41) is 0. The fourth-order valence-corrected chi connectivity index (χ4v) is 5.66. The number of likely N-dealkylation sites (tertiary alicyclic amines) is 1. The van der Waals surface area contributed by atoms with Gasteiger partial charge in [-0.05, 0) is 81.6 Å². The highest BCUT2D eigenvalue weighted by atomic mass is 16.5.